The van der Waals surface area contributed by atoms with Gasteiger partial charge in [-0.25, -0.2) is 0 Å². The topological polar surface area (TPSA) is 20.3 Å². The molecule has 2 nitrogen and oxygen atoms in total. The van der Waals surface area contributed by atoms with Gasteiger partial charge in [-0.05, 0) is 27.4 Å². The van der Waals surface area contributed by atoms with Gasteiger partial charge in [-0.3, -0.25) is 9.69 Å². The fourth-order valence-electron chi connectivity index (χ4n) is 3.52. The molecule has 156 valence electrons. The maximum absolute atomic E-state index is 11.9. The Kier molecular flexibility index (Phi) is 19.1. The summed E-state index contributed by atoms with van der Waals surface area (Å²) in [6.07, 6.45) is 24.3. The van der Waals surface area contributed by atoms with Crippen molar-refractivity contribution in [2.45, 2.75) is 135 Å². The van der Waals surface area contributed by atoms with Crippen LogP contribution in [-0.2, 0) is 4.79 Å². The summed E-state index contributed by atoms with van der Waals surface area (Å²) in [6, 6.07) is 0.0797. The maximum Gasteiger partial charge on any atom is 0.149 e. The minimum Gasteiger partial charge on any atom is -0.300 e. The highest BCUT2D eigenvalue weighted by Gasteiger charge is 2.13. The molecule has 0 aliphatic carbocycles. The molecule has 26 heavy (non-hydrogen) atoms. The van der Waals surface area contributed by atoms with E-state index in [1.54, 1.807) is 0 Å². The van der Waals surface area contributed by atoms with E-state index in [1.807, 2.05) is 25.9 Å². The molecule has 0 aromatic rings. The van der Waals surface area contributed by atoms with E-state index in [0.29, 0.717) is 5.78 Å². The van der Waals surface area contributed by atoms with Crippen LogP contribution in [0.2, 0.25) is 0 Å². The number of unbranched alkanes of at least 4 members (excludes halogenated alkanes) is 16. The lowest BCUT2D eigenvalue weighted by molar-refractivity contribution is -0.123. The Balaban J connectivity index is 3.15. The van der Waals surface area contributed by atoms with Gasteiger partial charge in [0.1, 0.15) is 5.78 Å². The highest BCUT2D eigenvalue weighted by molar-refractivity contribution is 5.83. The number of nitrogens with zero attached hydrogens (tertiary/aromatic N) is 1. The van der Waals surface area contributed by atoms with Crippen LogP contribution in [0.4, 0.5) is 0 Å². The van der Waals surface area contributed by atoms with Crippen LogP contribution in [0.15, 0.2) is 0 Å². The van der Waals surface area contributed by atoms with Crippen molar-refractivity contribution >= 4 is 5.78 Å². The third-order valence-corrected chi connectivity index (χ3v) is 5.77. The smallest absolute Gasteiger partial charge is 0.149 e. The minimum atomic E-state index is 0.0797. The fraction of sp³-hybridized carbons (Fsp3) is 0.958. The van der Waals surface area contributed by atoms with Gasteiger partial charge in [0.15, 0.2) is 0 Å². The Labute approximate surface area is 165 Å². The van der Waals surface area contributed by atoms with Gasteiger partial charge >= 0.3 is 0 Å². The molecule has 0 aliphatic rings. The summed E-state index contributed by atoms with van der Waals surface area (Å²) < 4.78 is 0. The van der Waals surface area contributed by atoms with Crippen molar-refractivity contribution in [1.82, 2.24) is 4.90 Å². The van der Waals surface area contributed by atoms with Crippen LogP contribution in [0.5, 0.6) is 0 Å². The van der Waals surface area contributed by atoms with Gasteiger partial charge in [-0.2, -0.15) is 0 Å². The molecule has 0 N–H and O–H groups in total. The molecule has 0 spiro atoms. The predicted molar refractivity (Wildman–Crippen MR) is 117 cm³/mol. The molecular weight excluding hydrogens is 318 g/mol. The van der Waals surface area contributed by atoms with E-state index in [1.165, 1.54) is 103 Å². The van der Waals surface area contributed by atoms with Crippen molar-refractivity contribution in [2.75, 3.05) is 14.1 Å². The Morgan fingerprint density at radius 1 is 0.615 bits per heavy atom. The Morgan fingerprint density at radius 2 is 0.923 bits per heavy atom. The fourth-order valence-corrected chi connectivity index (χ4v) is 3.52. The van der Waals surface area contributed by atoms with E-state index in [0.717, 1.165) is 12.8 Å². The van der Waals surface area contributed by atoms with Gasteiger partial charge in [0.2, 0.25) is 0 Å². The van der Waals surface area contributed by atoms with Crippen molar-refractivity contribution in [2.24, 2.45) is 0 Å². The number of Topliss-reactive ketones (excluding diaryl/α,β-unsaturated/α-hetero) is 1. The van der Waals surface area contributed by atoms with Crippen LogP contribution < -0.4 is 0 Å². The SMILES string of the molecule is CCCCCCCCCCCCCCCCCCCC(=O)C(C)N(C)C. The second kappa shape index (κ2) is 19.4. The van der Waals surface area contributed by atoms with Gasteiger partial charge in [0.05, 0.1) is 6.04 Å². The average molecular weight is 368 g/mol. The number of hydrogen-bond acceptors (Lipinski definition) is 2. The molecule has 1 atom stereocenters. The van der Waals surface area contributed by atoms with Crippen molar-refractivity contribution in [3.05, 3.63) is 0 Å². The number of carbonyl (C=O) groups excluding carboxylic acids is 1. The van der Waals surface area contributed by atoms with Crippen molar-refractivity contribution in [3.8, 4) is 0 Å². The summed E-state index contributed by atoms with van der Waals surface area (Å²) in [5.74, 6) is 0.399. The molecule has 0 aromatic carbocycles. The summed E-state index contributed by atoms with van der Waals surface area (Å²) in [7, 11) is 3.97. The second-order valence-corrected chi connectivity index (χ2v) is 8.51. The molecule has 0 rings (SSSR count). The average Bonchev–Trinajstić information content (AvgIpc) is 2.63. The standard InChI is InChI=1S/C24H49NO/c1-5-6-7-8-9-10-11-12-13-14-15-16-17-18-19-20-21-22-24(26)23(2)25(3)4/h23H,5-22H2,1-4H3. The first-order valence-electron chi connectivity index (χ1n) is 11.8. The Morgan fingerprint density at radius 3 is 1.23 bits per heavy atom. The molecule has 0 radical (unpaired) electrons. The highest BCUT2D eigenvalue weighted by Crippen LogP contribution is 2.14. The number of carbonyl (C=O) groups is 1. The minimum absolute atomic E-state index is 0.0797. The molecule has 0 fully saturated rings. The lowest BCUT2D eigenvalue weighted by Crippen LogP contribution is -2.32. The molecule has 0 bridgehead atoms. The van der Waals surface area contributed by atoms with E-state index in [-0.39, 0.29) is 6.04 Å². The summed E-state index contributed by atoms with van der Waals surface area (Å²) in [5.41, 5.74) is 0. The molecule has 0 saturated heterocycles. The van der Waals surface area contributed by atoms with Crippen LogP contribution in [0, 0.1) is 0 Å². The summed E-state index contributed by atoms with van der Waals surface area (Å²) in [5, 5.41) is 0. The van der Waals surface area contributed by atoms with Crippen molar-refractivity contribution in [1.29, 1.82) is 0 Å². The van der Waals surface area contributed by atoms with Gasteiger partial charge in [0, 0.05) is 6.42 Å². The third-order valence-electron chi connectivity index (χ3n) is 5.77. The van der Waals surface area contributed by atoms with Crippen molar-refractivity contribution < 1.29 is 4.79 Å². The predicted octanol–water partition coefficient (Wildman–Crippen LogP) is 7.55. The van der Waals surface area contributed by atoms with Gasteiger partial charge in [-0.1, -0.05) is 110 Å². The Hall–Kier alpha value is -0.370. The molecule has 0 saturated carbocycles. The lowest BCUT2D eigenvalue weighted by Gasteiger charge is -2.18. The Bertz CT molecular complexity index is 301. The highest BCUT2D eigenvalue weighted by atomic mass is 16.1. The first-order chi connectivity index (χ1) is 12.6. The molecule has 0 aliphatic heterocycles. The van der Waals surface area contributed by atoms with Crippen molar-refractivity contribution in [3.63, 3.8) is 0 Å². The summed E-state index contributed by atoms with van der Waals surface area (Å²) in [6.45, 7) is 4.30. The normalized spacial score (nSPS) is 12.7. The quantitative estimate of drug-likeness (QED) is 0.207. The van der Waals surface area contributed by atoms with E-state index in [2.05, 4.69) is 6.92 Å². The number of likely N-dealkylation sites (N-methyl/N-ethyl adjacent to an activating group) is 1. The lowest BCUT2D eigenvalue weighted by atomic mass is 10.0. The summed E-state index contributed by atoms with van der Waals surface area (Å²) in [4.78, 5) is 13.9. The molecule has 1 unspecified atom stereocenters. The van der Waals surface area contributed by atoms with E-state index >= 15 is 0 Å². The first-order valence-corrected chi connectivity index (χ1v) is 11.8. The molecule has 2 heteroatoms. The van der Waals surface area contributed by atoms with E-state index in [4.69, 9.17) is 0 Å². The molecule has 0 aromatic heterocycles. The zero-order valence-electron chi connectivity index (χ0n) is 18.7. The van der Waals surface area contributed by atoms with Crippen LogP contribution in [0.1, 0.15) is 129 Å². The first kappa shape index (κ1) is 25.6. The zero-order valence-corrected chi connectivity index (χ0v) is 18.7. The summed E-state index contributed by atoms with van der Waals surface area (Å²) >= 11 is 0. The van der Waals surface area contributed by atoms with Gasteiger partial charge < -0.3 is 0 Å². The van der Waals surface area contributed by atoms with Gasteiger partial charge in [0.25, 0.3) is 0 Å². The van der Waals surface area contributed by atoms with Crippen LogP contribution in [-0.4, -0.2) is 30.8 Å². The van der Waals surface area contributed by atoms with E-state index in [9.17, 15) is 4.79 Å². The van der Waals surface area contributed by atoms with Crippen LogP contribution in [0.3, 0.4) is 0 Å². The third kappa shape index (κ3) is 17.1. The zero-order chi connectivity index (χ0) is 19.5. The van der Waals surface area contributed by atoms with Crippen LogP contribution in [0.25, 0.3) is 0 Å². The van der Waals surface area contributed by atoms with Gasteiger partial charge in [-0.15, -0.1) is 0 Å². The number of rotatable bonds is 20. The maximum atomic E-state index is 11.9. The van der Waals surface area contributed by atoms with E-state index < -0.39 is 0 Å². The second-order valence-electron chi connectivity index (χ2n) is 8.51. The van der Waals surface area contributed by atoms with Crippen LogP contribution >= 0.6 is 0 Å². The number of ketones is 1. The number of hydrogen-bond donors (Lipinski definition) is 0. The molecular formula is C24H49NO. The largest absolute Gasteiger partial charge is 0.300 e. The monoisotopic (exact) mass is 367 g/mol. The molecule has 0 amide bonds. The molecule has 0 heterocycles.